The number of halogens is 1. The third kappa shape index (κ3) is 3.79. The number of nitro groups is 1. The van der Waals surface area contributed by atoms with Gasteiger partial charge in [0.25, 0.3) is 11.6 Å². The van der Waals surface area contributed by atoms with Crippen molar-refractivity contribution in [1.82, 2.24) is 9.88 Å². The second-order valence-electron chi connectivity index (χ2n) is 6.02. The van der Waals surface area contributed by atoms with E-state index < -0.39 is 10.8 Å². The summed E-state index contributed by atoms with van der Waals surface area (Å²) in [6, 6.07) is 10.4. The largest absolute Gasteiger partial charge is 0.319 e. The number of nitrogens with one attached hydrogen (secondary N) is 1. The van der Waals surface area contributed by atoms with Gasteiger partial charge in [0.05, 0.1) is 20.0 Å². The molecule has 0 radical (unpaired) electrons. The number of fused-ring (bicyclic) bond motifs is 2. The van der Waals surface area contributed by atoms with Gasteiger partial charge < -0.3 is 4.57 Å². The van der Waals surface area contributed by atoms with E-state index in [0.29, 0.717) is 19.8 Å². The van der Waals surface area contributed by atoms with Crippen LogP contribution in [-0.4, -0.2) is 20.5 Å². The Balaban J connectivity index is 1.59. The number of aromatic nitrogens is 1. The first-order valence-corrected chi connectivity index (χ1v) is 10.2. The molecule has 0 spiro atoms. The first kappa shape index (κ1) is 19.3. The van der Waals surface area contributed by atoms with Crippen LogP contribution in [0.25, 0.3) is 20.3 Å². The molecule has 1 amide bonds. The molecule has 0 unspecified atom stereocenters. The van der Waals surface area contributed by atoms with Crippen LogP contribution in [-0.2, 0) is 7.05 Å². The number of hydrogen-bond acceptors (Lipinski definition) is 6. The molecule has 11 heteroatoms. The van der Waals surface area contributed by atoms with Crippen molar-refractivity contribution in [3.63, 3.8) is 0 Å². The zero-order valence-corrected chi connectivity index (χ0v) is 17.2. The van der Waals surface area contributed by atoms with E-state index in [1.165, 1.54) is 46.9 Å². The summed E-state index contributed by atoms with van der Waals surface area (Å²) in [6.07, 6.45) is 0. The molecule has 0 atom stereocenters. The highest BCUT2D eigenvalue weighted by atomic mass is 32.1. The predicted octanol–water partition coefficient (Wildman–Crippen LogP) is 4.12. The lowest BCUT2D eigenvalue weighted by Gasteiger charge is -2.00. The van der Waals surface area contributed by atoms with E-state index in [2.05, 4.69) is 10.3 Å². The minimum atomic E-state index is -0.484. The van der Waals surface area contributed by atoms with Gasteiger partial charge >= 0.3 is 0 Å². The van der Waals surface area contributed by atoms with Gasteiger partial charge in [0, 0.05) is 29.3 Å². The van der Waals surface area contributed by atoms with Gasteiger partial charge in [-0.25, -0.2) is 4.39 Å². The SMILES string of the molecule is Cn1c(=NC(=S)NC(=O)c2cc3cc([N+](=O)[O-])ccc3s2)sc2cc(F)ccc21. The first-order valence-electron chi connectivity index (χ1n) is 8.15. The predicted molar refractivity (Wildman–Crippen MR) is 115 cm³/mol. The number of nitrogens with zero attached hydrogens (tertiary/aromatic N) is 3. The molecule has 1 N–H and O–H groups in total. The Hall–Kier alpha value is -3.02. The zero-order valence-electron chi connectivity index (χ0n) is 14.7. The topological polar surface area (TPSA) is 89.5 Å². The number of carbonyl (C=O) groups is 1. The summed E-state index contributed by atoms with van der Waals surface area (Å²) in [5.74, 6) is -0.788. The molecule has 2 heterocycles. The Labute approximate surface area is 175 Å². The molecule has 29 heavy (non-hydrogen) atoms. The van der Waals surface area contributed by atoms with E-state index in [1.54, 1.807) is 29.8 Å². The average Bonchev–Trinajstić information content (AvgIpc) is 3.22. The quantitative estimate of drug-likeness (QED) is 0.285. The van der Waals surface area contributed by atoms with E-state index in [0.717, 1.165) is 10.2 Å². The zero-order chi connectivity index (χ0) is 20.7. The number of amides is 1. The highest BCUT2D eigenvalue weighted by Crippen LogP contribution is 2.28. The van der Waals surface area contributed by atoms with Crippen LogP contribution in [0.4, 0.5) is 10.1 Å². The lowest BCUT2D eigenvalue weighted by Crippen LogP contribution is -2.29. The maximum Gasteiger partial charge on any atom is 0.270 e. The van der Waals surface area contributed by atoms with Crippen molar-refractivity contribution in [3.05, 3.63) is 68.1 Å². The molecular formula is C18H11FN4O3S3. The number of thiazole rings is 1. The van der Waals surface area contributed by atoms with E-state index in [9.17, 15) is 19.3 Å². The molecule has 146 valence electrons. The number of rotatable bonds is 2. The summed E-state index contributed by atoms with van der Waals surface area (Å²) in [7, 11) is 1.78. The summed E-state index contributed by atoms with van der Waals surface area (Å²) in [5.41, 5.74) is 0.761. The Kier molecular flexibility index (Phi) is 4.94. The van der Waals surface area contributed by atoms with Crippen molar-refractivity contribution in [2.24, 2.45) is 12.0 Å². The van der Waals surface area contributed by atoms with E-state index >= 15 is 0 Å². The van der Waals surface area contributed by atoms with Crippen molar-refractivity contribution < 1.29 is 14.1 Å². The van der Waals surface area contributed by atoms with E-state index in [1.807, 2.05) is 0 Å². The number of carbonyl (C=O) groups excluding carboxylic acids is 1. The van der Waals surface area contributed by atoms with Crippen LogP contribution in [0.5, 0.6) is 0 Å². The lowest BCUT2D eigenvalue weighted by atomic mass is 10.2. The summed E-state index contributed by atoms with van der Waals surface area (Å²) in [6.45, 7) is 0. The average molecular weight is 447 g/mol. The fourth-order valence-electron chi connectivity index (χ4n) is 2.74. The van der Waals surface area contributed by atoms with Gasteiger partial charge in [0.2, 0.25) is 5.11 Å². The maximum absolute atomic E-state index is 13.4. The molecule has 0 saturated carbocycles. The summed E-state index contributed by atoms with van der Waals surface area (Å²) in [4.78, 5) is 28.0. The van der Waals surface area contributed by atoms with Gasteiger partial charge in [-0.15, -0.1) is 11.3 Å². The fraction of sp³-hybridized carbons (Fsp3) is 0.0556. The molecular weight excluding hydrogens is 435 g/mol. The molecule has 0 saturated heterocycles. The number of thiophene rings is 1. The molecule has 0 aliphatic heterocycles. The van der Waals surface area contributed by atoms with Crippen molar-refractivity contribution >= 4 is 71.9 Å². The van der Waals surface area contributed by atoms with Crippen LogP contribution in [0, 0.1) is 15.9 Å². The monoisotopic (exact) mass is 446 g/mol. The van der Waals surface area contributed by atoms with Crippen molar-refractivity contribution in [2.45, 2.75) is 0 Å². The van der Waals surface area contributed by atoms with Crippen molar-refractivity contribution in [1.29, 1.82) is 0 Å². The lowest BCUT2D eigenvalue weighted by molar-refractivity contribution is -0.384. The van der Waals surface area contributed by atoms with E-state index in [-0.39, 0.29) is 16.6 Å². The van der Waals surface area contributed by atoms with Gasteiger partial charge in [0.15, 0.2) is 4.80 Å². The third-order valence-corrected chi connectivity index (χ3v) is 6.53. The van der Waals surface area contributed by atoms with Crippen molar-refractivity contribution in [3.8, 4) is 0 Å². The minimum absolute atomic E-state index is 0.0268. The number of thiocarbonyl (C=S) groups is 1. The van der Waals surface area contributed by atoms with Crippen LogP contribution in [0.2, 0.25) is 0 Å². The summed E-state index contributed by atoms with van der Waals surface area (Å²) in [5, 5.41) is 14.0. The Morgan fingerprint density at radius 1 is 1.21 bits per heavy atom. The van der Waals surface area contributed by atoms with Gasteiger partial charge in [-0.05, 0) is 42.5 Å². The molecule has 0 aliphatic carbocycles. The van der Waals surface area contributed by atoms with Crippen LogP contribution in [0.3, 0.4) is 0 Å². The fourth-order valence-corrected chi connectivity index (χ4v) is 4.97. The molecule has 4 rings (SSSR count). The number of nitro benzene ring substituents is 1. The third-order valence-electron chi connectivity index (χ3n) is 4.12. The smallest absolute Gasteiger partial charge is 0.270 e. The van der Waals surface area contributed by atoms with Crippen LogP contribution >= 0.6 is 34.9 Å². The molecule has 0 aliphatic rings. The van der Waals surface area contributed by atoms with Gasteiger partial charge in [-0.1, -0.05) is 11.3 Å². The molecule has 2 aromatic carbocycles. The number of benzene rings is 2. The van der Waals surface area contributed by atoms with Crippen LogP contribution < -0.4 is 10.1 Å². The first-order chi connectivity index (χ1) is 13.8. The maximum atomic E-state index is 13.4. The summed E-state index contributed by atoms with van der Waals surface area (Å²) >= 11 is 7.63. The highest BCUT2D eigenvalue weighted by Gasteiger charge is 2.14. The Morgan fingerprint density at radius 2 is 2.00 bits per heavy atom. The second kappa shape index (κ2) is 7.43. The number of hydrogen-bond donors (Lipinski definition) is 1. The van der Waals surface area contributed by atoms with Gasteiger partial charge in [-0.3, -0.25) is 20.2 Å². The molecule has 0 bridgehead atoms. The molecule has 2 aromatic heterocycles. The molecule has 0 fully saturated rings. The standard InChI is InChI=1S/C18H11FN4O3S3/c1-22-12-4-2-10(19)8-14(12)29-18(22)21-17(27)20-16(24)15-7-9-6-11(23(25)26)3-5-13(9)28-15/h2-8H,1H3,(H,20,24,27). The van der Waals surface area contributed by atoms with Gasteiger partial charge in [0.1, 0.15) is 5.82 Å². The van der Waals surface area contributed by atoms with E-state index in [4.69, 9.17) is 12.2 Å². The Morgan fingerprint density at radius 3 is 2.76 bits per heavy atom. The van der Waals surface area contributed by atoms with Crippen LogP contribution in [0.1, 0.15) is 9.67 Å². The van der Waals surface area contributed by atoms with Gasteiger partial charge in [-0.2, -0.15) is 4.99 Å². The number of aryl methyl sites for hydroxylation is 1. The van der Waals surface area contributed by atoms with Crippen molar-refractivity contribution in [2.75, 3.05) is 0 Å². The minimum Gasteiger partial charge on any atom is -0.319 e. The Bertz CT molecular complexity index is 1390. The van der Waals surface area contributed by atoms with Crippen LogP contribution in [0.15, 0.2) is 47.5 Å². The second-order valence-corrected chi connectivity index (χ2v) is 8.50. The normalized spacial score (nSPS) is 11.9. The highest BCUT2D eigenvalue weighted by molar-refractivity contribution is 7.80. The number of non-ortho nitro benzene ring substituents is 1. The molecule has 4 aromatic rings. The molecule has 7 nitrogen and oxygen atoms in total. The summed E-state index contributed by atoms with van der Waals surface area (Å²) < 4.78 is 16.6.